The van der Waals surface area contributed by atoms with E-state index in [4.69, 9.17) is 4.74 Å². The van der Waals surface area contributed by atoms with Crippen molar-refractivity contribution in [3.63, 3.8) is 0 Å². The molecule has 32 heavy (non-hydrogen) atoms. The SMILES string of the molecule is COc1ccc(CN2CCN(C(=O)c3ccccc3C(=O)c3ccccc3)CC2)cc1F. The summed E-state index contributed by atoms with van der Waals surface area (Å²) < 4.78 is 18.9. The second kappa shape index (κ2) is 9.75. The molecule has 0 radical (unpaired) electrons. The molecule has 0 N–H and O–H groups in total. The predicted molar refractivity (Wildman–Crippen MR) is 120 cm³/mol. The molecule has 1 aliphatic heterocycles. The van der Waals surface area contributed by atoms with E-state index in [9.17, 15) is 14.0 Å². The summed E-state index contributed by atoms with van der Waals surface area (Å²) in [6.45, 7) is 3.05. The average molecular weight is 432 g/mol. The van der Waals surface area contributed by atoms with Crippen LogP contribution in [0.3, 0.4) is 0 Å². The van der Waals surface area contributed by atoms with Gasteiger partial charge in [-0.3, -0.25) is 14.5 Å². The van der Waals surface area contributed by atoms with E-state index in [-0.39, 0.29) is 23.3 Å². The molecule has 0 saturated carbocycles. The number of ketones is 1. The smallest absolute Gasteiger partial charge is 0.254 e. The summed E-state index contributed by atoms with van der Waals surface area (Å²) in [7, 11) is 1.44. The first-order chi connectivity index (χ1) is 15.6. The molecule has 0 aliphatic carbocycles. The highest BCUT2D eigenvalue weighted by Gasteiger charge is 2.25. The van der Waals surface area contributed by atoms with E-state index in [1.807, 2.05) is 24.3 Å². The van der Waals surface area contributed by atoms with Crippen LogP contribution in [0, 0.1) is 5.82 Å². The second-order valence-corrected chi connectivity index (χ2v) is 7.78. The third-order valence-corrected chi connectivity index (χ3v) is 5.72. The number of carbonyl (C=O) groups is 2. The second-order valence-electron chi connectivity index (χ2n) is 7.78. The molecule has 1 heterocycles. The van der Waals surface area contributed by atoms with Crippen molar-refractivity contribution in [1.82, 2.24) is 9.80 Å². The number of benzene rings is 3. The molecular weight excluding hydrogens is 407 g/mol. The monoisotopic (exact) mass is 432 g/mol. The summed E-state index contributed by atoms with van der Waals surface area (Å²) in [5, 5.41) is 0. The quantitative estimate of drug-likeness (QED) is 0.552. The minimum Gasteiger partial charge on any atom is -0.494 e. The lowest BCUT2D eigenvalue weighted by atomic mass is 9.97. The molecule has 3 aromatic carbocycles. The molecule has 0 bridgehead atoms. The standard InChI is InChI=1S/C26H25FN2O3/c1-32-24-12-11-19(17-23(24)27)18-28-13-15-29(16-14-28)26(31)22-10-6-5-9-21(22)25(30)20-7-3-2-4-8-20/h2-12,17H,13-16,18H2,1H3. The van der Waals surface area contributed by atoms with Gasteiger partial charge in [0.05, 0.1) is 12.7 Å². The van der Waals surface area contributed by atoms with Crippen molar-refractivity contribution < 1.29 is 18.7 Å². The summed E-state index contributed by atoms with van der Waals surface area (Å²) in [6.07, 6.45) is 0. The molecule has 6 heteroatoms. The van der Waals surface area contributed by atoms with Gasteiger partial charge in [-0.05, 0) is 23.8 Å². The molecule has 0 spiro atoms. The Labute approximate surface area is 187 Å². The van der Waals surface area contributed by atoms with Crippen LogP contribution in [0.2, 0.25) is 0 Å². The van der Waals surface area contributed by atoms with Gasteiger partial charge in [-0.1, -0.05) is 54.6 Å². The normalized spacial score (nSPS) is 14.2. The number of halogens is 1. The number of rotatable bonds is 6. The highest BCUT2D eigenvalue weighted by atomic mass is 19.1. The van der Waals surface area contributed by atoms with E-state index in [1.165, 1.54) is 13.2 Å². The summed E-state index contributed by atoms with van der Waals surface area (Å²) in [4.78, 5) is 30.2. The van der Waals surface area contributed by atoms with Gasteiger partial charge in [0.2, 0.25) is 0 Å². The molecule has 0 unspecified atom stereocenters. The molecule has 164 valence electrons. The maximum Gasteiger partial charge on any atom is 0.254 e. The highest BCUT2D eigenvalue weighted by Crippen LogP contribution is 2.21. The van der Waals surface area contributed by atoms with Gasteiger partial charge in [0.15, 0.2) is 17.3 Å². The average Bonchev–Trinajstić information content (AvgIpc) is 2.84. The van der Waals surface area contributed by atoms with Crippen LogP contribution in [-0.2, 0) is 6.54 Å². The van der Waals surface area contributed by atoms with Crippen molar-refractivity contribution in [3.8, 4) is 5.75 Å². The van der Waals surface area contributed by atoms with E-state index in [2.05, 4.69) is 4.90 Å². The Morgan fingerprint density at radius 3 is 2.19 bits per heavy atom. The Kier molecular flexibility index (Phi) is 6.61. The third kappa shape index (κ3) is 4.70. The molecule has 4 rings (SSSR count). The molecule has 1 fully saturated rings. The van der Waals surface area contributed by atoms with Crippen LogP contribution in [0.4, 0.5) is 4.39 Å². The minimum absolute atomic E-state index is 0.139. The zero-order valence-electron chi connectivity index (χ0n) is 18.0. The molecule has 3 aromatic rings. The van der Waals surface area contributed by atoms with Crippen LogP contribution < -0.4 is 4.74 Å². The lowest BCUT2D eigenvalue weighted by molar-refractivity contribution is 0.0625. The van der Waals surface area contributed by atoms with E-state index in [1.54, 1.807) is 47.4 Å². The summed E-state index contributed by atoms with van der Waals surface area (Å²) >= 11 is 0. The molecule has 1 amide bonds. The zero-order chi connectivity index (χ0) is 22.5. The molecule has 1 aliphatic rings. The molecule has 0 aromatic heterocycles. The van der Waals surface area contributed by atoms with Gasteiger partial charge in [-0.2, -0.15) is 0 Å². The lowest BCUT2D eigenvalue weighted by Crippen LogP contribution is -2.48. The van der Waals surface area contributed by atoms with Crippen molar-refractivity contribution in [2.75, 3.05) is 33.3 Å². The van der Waals surface area contributed by atoms with Crippen LogP contribution in [0.15, 0.2) is 72.8 Å². The van der Waals surface area contributed by atoms with Gasteiger partial charge in [0.25, 0.3) is 5.91 Å². The van der Waals surface area contributed by atoms with E-state index < -0.39 is 0 Å². The van der Waals surface area contributed by atoms with Crippen LogP contribution in [0.25, 0.3) is 0 Å². The maximum atomic E-state index is 14.0. The summed E-state index contributed by atoms with van der Waals surface area (Å²) in [6, 6.07) is 20.9. The minimum atomic E-state index is -0.376. The van der Waals surface area contributed by atoms with E-state index >= 15 is 0 Å². The molecule has 0 atom stereocenters. The number of amides is 1. The number of hydrogen-bond donors (Lipinski definition) is 0. The number of carbonyl (C=O) groups excluding carboxylic acids is 2. The third-order valence-electron chi connectivity index (χ3n) is 5.72. The molecule has 1 saturated heterocycles. The van der Waals surface area contributed by atoms with Crippen LogP contribution in [0.5, 0.6) is 5.75 Å². The molecule has 5 nitrogen and oxygen atoms in total. The van der Waals surface area contributed by atoms with Crippen LogP contribution >= 0.6 is 0 Å². The molecular formula is C26H25FN2O3. The van der Waals surface area contributed by atoms with Crippen molar-refractivity contribution in [1.29, 1.82) is 0 Å². The number of methoxy groups -OCH3 is 1. The number of nitrogens with zero attached hydrogens (tertiary/aromatic N) is 2. The van der Waals surface area contributed by atoms with Gasteiger partial charge >= 0.3 is 0 Å². The van der Waals surface area contributed by atoms with Gasteiger partial charge in [-0.25, -0.2) is 4.39 Å². The summed E-state index contributed by atoms with van der Waals surface area (Å²) in [5.41, 5.74) is 2.26. The Hall–Kier alpha value is -3.51. The highest BCUT2D eigenvalue weighted by molar-refractivity contribution is 6.15. The lowest BCUT2D eigenvalue weighted by Gasteiger charge is -2.35. The first kappa shape index (κ1) is 21.7. The fourth-order valence-electron chi connectivity index (χ4n) is 3.96. The van der Waals surface area contributed by atoms with Crippen molar-refractivity contribution in [2.24, 2.45) is 0 Å². The van der Waals surface area contributed by atoms with Crippen molar-refractivity contribution in [2.45, 2.75) is 6.54 Å². The maximum absolute atomic E-state index is 14.0. The van der Waals surface area contributed by atoms with Gasteiger partial charge in [-0.15, -0.1) is 0 Å². The Morgan fingerprint density at radius 2 is 1.53 bits per heavy atom. The first-order valence-corrected chi connectivity index (χ1v) is 10.6. The fraction of sp³-hybridized carbons (Fsp3) is 0.231. The Balaban J connectivity index is 1.42. The van der Waals surface area contributed by atoms with Crippen molar-refractivity contribution >= 4 is 11.7 Å². The van der Waals surface area contributed by atoms with Gasteiger partial charge in [0, 0.05) is 43.9 Å². The number of hydrogen-bond acceptors (Lipinski definition) is 4. The van der Waals surface area contributed by atoms with Crippen LogP contribution in [-0.4, -0.2) is 54.8 Å². The Morgan fingerprint density at radius 1 is 0.875 bits per heavy atom. The number of ether oxygens (including phenoxy) is 1. The van der Waals surface area contributed by atoms with E-state index in [0.29, 0.717) is 49.4 Å². The fourth-order valence-corrected chi connectivity index (χ4v) is 3.96. The van der Waals surface area contributed by atoms with Crippen molar-refractivity contribution in [3.05, 3.63) is 101 Å². The largest absolute Gasteiger partial charge is 0.494 e. The topological polar surface area (TPSA) is 49.9 Å². The van der Waals surface area contributed by atoms with Gasteiger partial charge in [0.1, 0.15) is 0 Å². The zero-order valence-corrected chi connectivity index (χ0v) is 18.0. The van der Waals surface area contributed by atoms with Gasteiger partial charge < -0.3 is 9.64 Å². The van der Waals surface area contributed by atoms with E-state index in [0.717, 1.165) is 5.56 Å². The number of piperazine rings is 1. The van der Waals surface area contributed by atoms with Crippen LogP contribution in [0.1, 0.15) is 31.8 Å². The Bertz CT molecular complexity index is 1110. The first-order valence-electron chi connectivity index (χ1n) is 10.6. The predicted octanol–water partition coefficient (Wildman–Crippen LogP) is 4.02. The summed E-state index contributed by atoms with van der Waals surface area (Å²) in [5.74, 6) is -0.443.